The Kier molecular flexibility index (Phi) is 12.0. The van der Waals surface area contributed by atoms with Crippen molar-refractivity contribution in [2.45, 2.75) is 22.3 Å². The molecule has 0 saturated carbocycles. The third-order valence-electron chi connectivity index (χ3n) is 7.27. The third kappa shape index (κ3) is 8.78. The first-order chi connectivity index (χ1) is 21.3. The molecular formula is C29H34Cl2N4O8S2. The lowest BCUT2D eigenvalue weighted by Crippen LogP contribution is -2.31. The van der Waals surface area contributed by atoms with E-state index in [0.717, 1.165) is 27.1 Å². The maximum Gasteiger partial charge on any atom is 0.289 e. The first-order valence-corrected chi connectivity index (χ1v) is 17.6. The first-order valence-electron chi connectivity index (χ1n) is 13.9. The van der Waals surface area contributed by atoms with Gasteiger partial charge >= 0.3 is 0 Å². The zero-order valence-electron chi connectivity index (χ0n) is 24.7. The minimum atomic E-state index is -4.08. The highest BCUT2D eigenvalue weighted by atomic mass is 35.5. The van der Waals surface area contributed by atoms with Crippen LogP contribution in [0.25, 0.3) is 0 Å². The summed E-state index contributed by atoms with van der Waals surface area (Å²) in [6.07, 6.45) is 0. The zero-order chi connectivity index (χ0) is 32.8. The summed E-state index contributed by atoms with van der Waals surface area (Å²) in [7, 11) is -4.60. The van der Waals surface area contributed by atoms with Crippen LogP contribution in [-0.2, 0) is 36.1 Å². The summed E-state index contributed by atoms with van der Waals surface area (Å²) < 4.78 is 65.9. The topological polar surface area (TPSA) is 148 Å². The predicted molar refractivity (Wildman–Crippen MR) is 171 cm³/mol. The molecule has 0 radical (unpaired) electrons. The Labute approximate surface area is 273 Å². The molecular weight excluding hydrogens is 667 g/mol. The van der Waals surface area contributed by atoms with E-state index >= 15 is 0 Å². The molecule has 0 bridgehead atoms. The fourth-order valence-electron chi connectivity index (χ4n) is 4.99. The van der Waals surface area contributed by atoms with Crippen molar-refractivity contribution >= 4 is 48.9 Å². The lowest BCUT2D eigenvalue weighted by Gasteiger charge is -2.33. The van der Waals surface area contributed by atoms with Gasteiger partial charge in [-0.1, -0.05) is 47.5 Å². The molecule has 45 heavy (non-hydrogen) atoms. The van der Waals surface area contributed by atoms with Crippen LogP contribution in [0.2, 0.25) is 10.0 Å². The van der Waals surface area contributed by atoms with E-state index < -0.39 is 35.6 Å². The lowest BCUT2D eigenvalue weighted by atomic mass is 9.85. The van der Waals surface area contributed by atoms with Crippen molar-refractivity contribution < 1.29 is 31.2 Å². The molecule has 1 aliphatic heterocycles. The fourth-order valence-corrected chi connectivity index (χ4v) is 7.93. The predicted octanol–water partition coefficient (Wildman–Crippen LogP) is 4.11. The largest absolute Gasteiger partial charge is 0.378 e. The van der Waals surface area contributed by atoms with Gasteiger partial charge in [0.25, 0.3) is 5.69 Å². The van der Waals surface area contributed by atoms with E-state index in [9.17, 15) is 26.9 Å². The van der Waals surface area contributed by atoms with Gasteiger partial charge in [-0.15, -0.1) is 0 Å². The molecule has 1 N–H and O–H groups in total. The number of fused-ring (bicyclic) bond motifs is 1. The quantitative estimate of drug-likeness (QED) is 0.140. The molecule has 0 unspecified atom stereocenters. The van der Waals surface area contributed by atoms with Crippen molar-refractivity contribution in [2.24, 2.45) is 0 Å². The number of nitrogens with zero attached hydrogens (tertiary/aromatic N) is 3. The van der Waals surface area contributed by atoms with E-state index in [1.54, 1.807) is 18.2 Å². The molecule has 4 rings (SSSR count). The maximum absolute atomic E-state index is 13.0. The number of likely N-dealkylation sites (N-methyl/N-ethyl adjacent to an activating group) is 2. The van der Waals surface area contributed by atoms with Crippen molar-refractivity contribution in [2.75, 3.05) is 60.2 Å². The van der Waals surface area contributed by atoms with E-state index in [1.807, 2.05) is 19.2 Å². The molecule has 1 heterocycles. The van der Waals surface area contributed by atoms with Crippen molar-refractivity contribution in [1.82, 2.24) is 13.9 Å². The Morgan fingerprint density at radius 2 is 1.71 bits per heavy atom. The highest BCUT2D eigenvalue weighted by Crippen LogP contribution is 2.38. The van der Waals surface area contributed by atoms with Crippen LogP contribution < -0.4 is 4.72 Å². The Morgan fingerprint density at radius 3 is 2.44 bits per heavy atom. The van der Waals surface area contributed by atoms with Crippen molar-refractivity contribution in [3.63, 3.8) is 0 Å². The number of halogens is 2. The summed E-state index contributed by atoms with van der Waals surface area (Å²) in [4.78, 5) is 12.3. The molecule has 0 fully saturated rings. The Balaban J connectivity index is 1.22. The smallest absolute Gasteiger partial charge is 0.289 e. The third-order valence-corrected chi connectivity index (χ3v) is 11.2. The summed E-state index contributed by atoms with van der Waals surface area (Å²) >= 11 is 12.8. The average Bonchev–Trinajstić information content (AvgIpc) is 3.00. The molecule has 1 aliphatic rings. The highest BCUT2D eigenvalue weighted by Gasteiger charge is 2.29. The molecule has 3 aromatic rings. The first kappa shape index (κ1) is 35.2. The Bertz CT molecular complexity index is 1740. The van der Waals surface area contributed by atoms with Crippen molar-refractivity contribution in [3.05, 3.63) is 97.5 Å². The number of nitro groups is 1. The van der Waals surface area contributed by atoms with Gasteiger partial charge in [0.1, 0.15) is 0 Å². The van der Waals surface area contributed by atoms with E-state index in [4.69, 9.17) is 32.7 Å². The average molecular weight is 702 g/mol. The maximum atomic E-state index is 13.0. The van der Waals surface area contributed by atoms with Crippen molar-refractivity contribution in [3.8, 4) is 0 Å². The summed E-state index contributed by atoms with van der Waals surface area (Å²) in [6.45, 7) is 1.76. The molecule has 0 aromatic heterocycles. The summed E-state index contributed by atoms with van der Waals surface area (Å²) in [5, 5.41) is 12.3. The number of nitrogens with one attached hydrogen (secondary N) is 1. The number of ether oxygens (including phenoxy) is 2. The molecule has 3 aromatic carbocycles. The minimum Gasteiger partial charge on any atom is -0.378 e. The number of hydrogen-bond acceptors (Lipinski definition) is 9. The number of para-hydroxylation sites is 1. The van der Waals surface area contributed by atoms with Crippen LogP contribution in [0.3, 0.4) is 0 Å². The summed E-state index contributed by atoms with van der Waals surface area (Å²) in [6, 6.07) is 15.5. The molecule has 0 saturated heterocycles. The van der Waals surface area contributed by atoms with Gasteiger partial charge in [-0.05, 0) is 54.1 Å². The highest BCUT2D eigenvalue weighted by molar-refractivity contribution is 7.89. The van der Waals surface area contributed by atoms with Gasteiger partial charge in [-0.25, -0.2) is 21.6 Å². The van der Waals surface area contributed by atoms with Crippen LogP contribution >= 0.6 is 23.2 Å². The number of rotatable bonds is 15. The van der Waals surface area contributed by atoms with Crippen molar-refractivity contribution in [1.29, 1.82) is 0 Å². The lowest BCUT2D eigenvalue weighted by molar-refractivity contribution is -0.387. The molecule has 16 heteroatoms. The molecule has 0 aliphatic carbocycles. The minimum absolute atomic E-state index is 0.0301. The van der Waals surface area contributed by atoms with E-state index in [2.05, 4.69) is 9.62 Å². The van der Waals surface area contributed by atoms with Gasteiger partial charge in [-0.2, -0.15) is 4.31 Å². The van der Waals surface area contributed by atoms with Crippen LogP contribution in [0.5, 0.6) is 0 Å². The van der Waals surface area contributed by atoms with Gasteiger partial charge in [0.05, 0.1) is 36.2 Å². The summed E-state index contributed by atoms with van der Waals surface area (Å²) in [5.41, 5.74) is 2.29. The van der Waals surface area contributed by atoms with Gasteiger partial charge in [0.15, 0.2) is 4.90 Å². The fraction of sp³-hybridized carbons (Fsp3) is 0.379. The monoisotopic (exact) mass is 700 g/mol. The number of nitro benzene ring substituents is 1. The van der Waals surface area contributed by atoms with Gasteiger partial charge in [0.2, 0.25) is 20.0 Å². The normalized spacial score (nSPS) is 15.7. The van der Waals surface area contributed by atoms with Gasteiger partial charge in [-0.3, -0.25) is 10.1 Å². The second-order valence-electron chi connectivity index (χ2n) is 10.5. The van der Waals surface area contributed by atoms with E-state index in [0.29, 0.717) is 23.1 Å². The molecule has 0 spiro atoms. The molecule has 0 amide bonds. The number of sulfonamides is 2. The van der Waals surface area contributed by atoms with Gasteiger partial charge in [0, 0.05) is 55.3 Å². The Hall–Kier alpha value is -2.66. The van der Waals surface area contributed by atoms with Crippen LogP contribution in [0.4, 0.5) is 5.69 Å². The van der Waals surface area contributed by atoms with E-state index in [1.165, 1.54) is 31.3 Å². The summed E-state index contributed by atoms with van der Waals surface area (Å²) in [5.74, 6) is -0.106. The second kappa shape index (κ2) is 15.3. The standard InChI is InChI=1S/C29H34Cl2N4O8S2/c1-33-19-25(24-17-22(30)18-27(31)26(24)20-33)21-6-5-7-23(16-21)44(38,39)32-10-12-42-14-15-43-13-11-34(2)45(40,41)29-9-4-3-8-28(29)35(36)37/h3-9,16-18,25,32H,10-15,19-20H2,1-2H3/t25-/m0/s1. The number of benzene rings is 3. The Morgan fingerprint density at radius 1 is 1.00 bits per heavy atom. The zero-order valence-corrected chi connectivity index (χ0v) is 27.8. The molecule has 1 atom stereocenters. The van der Waals surface area contributed by atoms with Crippen LogP contribution in [-0.4, -0.2) is 91.1 Å². The van der Waals surface area contributed by atoms with Gasteiger partial charge < -0.3 is 14.4 Å². The SMILES string of the molecule is CN1Cc2c(Cl)cc(Cl)cc2[C@H](c2cccc(S(=O)(=O)NCCOCCOCCN(C)S(=O)(=O)c3ccccc3[N+](=O)[O-])c2)C1. The number of hydrogen-bond donors (Lipinski definition) is 1. The van der Waals surface area contributed by atoms with Crippen LogP contribution in [0, 0.1) is 10.1 Å². The molecule has 244 valence electrons. The van der Waals surface area contributed by atoms with Crippen LogP contribution in [0.15, 0.2) is 70.5 Å². The van der Waals surface area contributed by atoms with Crippen LogP contribution in [0.1, 0.15) is 22.6 Å². The molecule has 12 nitrogen and oxygen atoms in total. The van der Waals surface area contributed by atoms with E-state index in [-0.39, 0.29) is 50.3 Å². The second-order valence-corrected chi connectivity index (χ2v) is 15.1.